The molecule has 21 heavy (non-hydrogen) atoms. The Bertz CT molecular complexity index is 536. The summed E-state index contributed by atoms with van der Waals surface area (Å²) in [6.07, 6.45) is 15.5. The smallest absolute Gasteiger partial charge is 0.0664 e. The summed E-state index contributed by atoms with van der Waals surface area (Å²) >= 11 is 0. The summed E-state index contributed by atoms with van der Waals surface area (Å²) in [6.45, 7) is 9.25. The van der Waals surface area contributed by atoms with Crippen molar-refractivity contribution in [2.24, 2.45) is 17.3 Å². The Morgan fingerprint density at radius 1 is 1.38 bits per heavy atom. The Balaban J connectivity index is 2.42. The number of hydrogen-bond donors (Lipinski definition) is 0. The zero-order valence-corrected chi connectivity index (χ0v) is 13.7. The van der Waals surface area contributed by atoms with E-state index in [1.165, 1.54) is 5.57 Å². The second-order valence-corrected chi connectivity index (χ2v) is 6.38. The summed E-state index contributed by atoms with van der Waals surface area (Å²) < 4.78 is 0. The molecular formula is C20H27N. The fraction of sp³-hybridized carbons (Fsp3) is 0.450. The van der Waals surface area contributed by atoms with Gasteiger partial charge >= 0.3 is 0 Å². The highest BCUT2D eigenvalue weighted by molar-refractivity contribution is 5.68. The molecule has 0 N–H and O–H groups in total. The van der Waals surface area contributed by atoms with Crippen LogP contribution < -0.4 is 0 Å². The second kappa shape index (κ2) is 6.89. The molecule has 0 saturated carbocycles. The maximum absolute atomic E-state index is 4.58. The van der Waals surface area contributed by atoms with Crippen LogP contribution >= 0.6 is 0 Å². The SMILES string of the molecule is CCC=CC(C)(C(C)C)C1CC=CC=C1c1ccccn1. The van der Waals surface area contributed by atoms with Crippen LogP contribution in [-0.2, 0) is 0 Å². The summed E-state index contributed by atoms with van der Waals surface area (Å²) in [5.41, 5.74) is 2.64. The first-order valence-corrected chi connectivity index (χ1v) is 8.05. The predicted octanol–water partition coefficient (Wildman–Crippen LogP) is 5.67. The van der Waals surface area contributed by atoms with Gasteiger partial charge in [0.1, 0.15) is 0 Å². The van der Waals surface area contributed by atoms with Crippen LogP contribution in [0.5, 0.6) is 0 Å². The molecule has 2 rings (SSSR count). The number of rotatable bonds is 5. The number of hydrogen-bond acceptors (Lipinski definition) is 1. The maximum atomic E-state index is 4.58. The normalized spacial score (nSPS) is 21.6. The maximum Gasteiger partial charge on any atom is 0.0664 e. The van der Waals surface area contributed by atoms with Crippen molar-refractivity contribution in [3.05, 3.63) is 60.5 Å². The monoisotopic (exact) mass is 281 g/mol. The first-order chi connectivity index (χ1) is 10.1. The van der Waals surface area contributed by atoms with E-state index in [1.54, 1.807) is 0 Å². The van der Waals surface area contributed by atoms with Crippen LogP contribution in [0, 0.1) is 17.3 Å². The molecule has 1 aliphatic rings. The van der Waals surface area contributed by atoms with Crippen molar-refractivity contribution in [1.82, 2.24) is 4.98 Å². The van der Waals surface area contributed by atoms with Crippen LogP contribution in [0.4, 0.5) is 0 Å². The Hall–Kier alpha value is -1.63. The molecule has 1 heteroatoms. The van der Waals surface area contributed by atoms with E-state index in [-0.39, 0.29) is 5.41 Å². The largest absolute Gasteiger partial charge is 0.257 e. The molecule has 0 amide bonds. The second-order valence-electron chi connectivity index (χ2n) is 6.38. The highest BCUT2D eigenvalue weighted by Gasteiger charge is 2.37. The summed E-state index contributed by atoms with van der Waals surface area (Å²) in [4.78, 5) is 4.58. The Kier molecular flexibility index (Phi) is 5.17. The molecule has 1 aromatic rings. The fourth-order valence-electron chi connectivity index (χ4n) is 3.10. The molecule has 0 spiro atoms. The van der Waals surface area contributed by atoms with Crippen LogP contribution in [0.1, 0.15) is 46.2 Å². The molecule has 112 valence electrons. The van der Waals surface area contributed by atoms with Gasteiger partial charge in [-0.1, -0.05) is 64.1 Å². The topological polar surface area (TPSA) is 12.9 Å². The Labute approximate surface area is 129 Å². The van der Waals surface area contributed by atoms with Crippen LogP contribution in [0.15, 0.2) is 54.8 Å². The van der Waals surface area contributed by atoms with Crippen LogP contribution in [0.25, 0.3) is 5.57 Å². The third-order valence-corrected chi connectivity index (χ3v) is 4.83. The molecule has 0 saturated heterocycles. The van der Waals surface area contributed by atoms with Gasteiger partial charge in [0.25, 0.3) is 0 Å². The van der Waals surface area contributed by atoms with Gasteiger partial charge < -0.3 is 0 Å². The third-order valence-electron chi connectivity index (χ3n) is 4.83. The number of pyridine rings is 1. The molecule has 2 atom stereocenters. The van der Waals surface area contributed by atoms with Gasteiger partial charge in [-0.15, -0.1) is 0 Å². The minimum Gasteiger partial charge on any atom is -0.257 e. The Morgan fingerprint density at radius 2 is 2.19 bits per heavy atom. The molecule has 0 aliphatic heterocycles. The van der Waals surface area contributed by atoms with Crippen molar-refractivity contribution in [1.29, 1.82) is 0 Å². The third kappa shape index (κ3) is 3.34. The number of allylic oxidation sites excluding steroid dienone is 6. The molecule has 0 bridgehead atoms. The molecule has 1 aromatic heterocycles. The van der Waals surface area contributed by atoms with E-state index < -0.39 is 0 Å². The average molecular weight is 281 g/mol. The van der Waals surface area contributed by atoms with Gasteiger partial charge in [-0.2, -0.15) is 0 Å². The van der Waals surface area contributed by atoms with Gasteiger partial charge in [0.15, 0.2) is 0 Å². The quantitative estimate of drug-likeness (QED) is 0.634. The predicted molar refractivity (Wildman–Crippen MR) is 91.8 cm³/mol. The zero-order valence-electron chi connectivity index (χ0n) is 13.7. The summed E-state index contributed by atoms with van der Waals surface area (Å²) in [5, 5.41) is 0. The fourth-order valence-corrected chi connectivity index (χ4v) is 3.10. The summed E-state index contributed by atoms with van der Waals surface area (Å²) in [7, 11) is 0. The van der Waals surface area contributed by atoms with Crippen LogP contribution in [-0.4, -0.2) is 4.98 Å². The number of aromatic nitrogens is 1. The summed E-state index contributed by atoms with van der Waals surface area (Å²) in [5.74, 6) is 1.07. The lowest BCUT2D eigenvalue weighted by atomic mass is 9.63. The minimum atomic E-state index is 0.157. The van der Waals surface area contributed by atoms with E-state index in [1.807, 2.05) is 12.3 Å². The first-order valence-electron chi connectivity index (χ1n) is 8.05. The van der Waals surface area contributed by atoms with Crippen molar-refractivity contribution in [2.45, 2.75) is 40.5 Å². The van der Waals surface area contributed by atoms with Gasteiger partial charge in [-0.05, 0) is 47.8 Å². The average Bonchev–Trinajstić information content (AvgIpc) is 2.53. The van der Waals surface area contributed by atoms with Crippen molar-refractivity contribution in [2.75, 3.05) is 0 Å². The van der Waals surface area contributed by atoms with E-state index >= 15 is 0 Å². The first kappa shape index (κ1) is 15.8. The number of nitrogens with zero attached hydrogens (tertiary/aromatic N) is 1. The highest BCUT2D eigenvalue weighted by Crippen LogP contribution is 2.47. The molecule has 0 aromatic carbocycles. The van der Waals surface area contributed by atoms with Crippen molar-refractivity contribution in [3.63, 3.8) is 0 Å². The highest BCUT2D eigenvalue weighted by atomic mass is 14.7. The van der Waals surface area contributed by atoms with E-state index in [2.05, 4.69) is 75.2 Å². The van der Waals surface area contributed by atoms with E-state index in [4.69, 9.17) is 0 Å². The lowest BCUT2D eigenvalue weighted by Crippen LogP contribution is -2.32. The molecular weight excluding hydrogens is 254 g/mol. The molecule has 1 nitrogen and oxygen atoms in total. The zero-order chi connectivity index (χ0) is 15.3. The van der Waals surface area contributed by atoms with Crippen molar-refractivity contribution in [3.8, 4) is 0 Å². The molecule has 1 heterocycles. The molecule has 0 radical (unpaired) electrons. The van der Waals surface area contributed by atoms with Gasteiger partial charge in [0, 0.05) is 6.20 Å². The Morgan fingerprint density at radius 3 is 2.81 bits per heavy atom. The lowest BCUT2D eigenvalue weighted by molar-refractivity contribution is 0.221. The van der Waals surface area contributed by atoms with Gasteiger partial charge in [-0.3, -0.25) is 4.98 Å². The summed E-state index contributed by atoms with van der Waals surface area (Å²) in [6, 6.07) is 6.19. The standard InChI is InChI=1S/C20H27N/c1-5-6-14-20(4,16(2)3)18-12-8-7-11-17(18)19-13-9-10-15-21-19/h6-11,13-16,18H,5,12H2,1-4H3. The van der Waals surface area contributed by atoms with E-state index in [0.717, 1.165) is 18.5 Å². The van der Waals surface area contributed by atoms with Gasteiger partial charge in [0.2, 0.25) is 0 Å². The van der Waals surface area contributed by atoms with Crippen molar-refractivity contribution >= 4 is 5.57 Å². The molecule has 1 aliphatic carbocycles. The van der Waals surface area contributed by atoms with Crippen LogP contribution in [0.3, 0.4) is 0 Å². The van der Waals surface area contributed by atoms with Gasteiger partial charge in [-0.25, -0.2) is 0 Å². The minimum absolute atomic E-state index is 0.157. The van der Waals surface area contributed by atoms with Crippen molar-refractivity contribution < 1.29 is 0 Å². The molecule has 2 unspecified atom stereocenters. The van der Waals surface area contributed by atoms with Crippen LogP contribution in [0.2, 0.25) is 0 Å². The lowest BCUT2D eigenvalue weighted by Gasteiger charge is -2.41. The van der Waals surface area contributed by atoms with Gasteiger partial charge in [0.05, 0.1) is 5.69 Å². The van der Waals surface area contributed by atoms with E-state index in [9.17, 15) is 0 Å². The molecule has 0 fully saturated rings. The van der Waals surface area contributed by atoms with E-state index in [0.29, 0.717) is 11.8 Å².